The normalized spacial score (nSPS) is 11.1. The van der Waals surface area contributed by atoms with Crippen molar-refractivity contribution in [1.29, 1.82) is 0 Å². The minimum absolute atomic E-state index is 0.141. The van der Waals surface area contributed by atoms with Crippen molar-refractivity contribution in [1.82, 2.24) is 4.90 Å². The van der Waals surface area contributed by atoms with Crippen LogP contribution >= 0.6 is 0 Å². The average molecular weight is 483 g/mol. The summed E-state index contributed by atoms with van der Waals surface area (Å²) in [5.41, 5.74) is 2.04. The van der Waals surface area contributed by atoms with Gasteiger partial charge in [0.1, 0.15) is 0 Å². The van der Waals surface area contributed by atoms with Gasteiger partial charge in [-0.3, -0.25) is 9.10 Å². The average Bonchev–Trinajstić information content (AvgIpc) is 2.87. The maximum absolute atomic E-state index is 13.1. The van der Waals surface area contributed by atoms with Gasteiger partial charge in [-0.1, -0.05) is 24.3 Å². The number of sulfonamides is 1. The first kappa shape index (κ1) is 25.1. The fourth-order valence-electron chi connectivity index (χ4n) is 3.64. The number of rotatable bonds is 10. The highest BCUT2D eigenvalue weighted by Crippen LogP contribution is 2.28. The van der Waals surface area contributed by atoms with Gasteiger partial charge in [-0.2, -0.15) is 0 Å². The summed E-state index contributed by atoms with van der Waals surface area (Å²) in [4.78, 5) is 14.6. The second-order valence-electron chi connectivity index (χ2n) is 7.70. The molecule has 0 aliphatic rings. The summed E-state index contributed by atoms with van der Waals surface area (Å²) in [5, 5.41) is 0. The minimum atomic E-state index is -3.74. The highest BCUT2D eigenvalue weighted by Gasteiger charge is 2.24. The molecule has 0 radical (unpaired) electrons. The van der Waals surface area contributed by atoms with Crippen LogP contribution in [0.25, 0.3) is 0 Å². The number of nitrogens with zero attached hydrogens (tertiary/aromatic N) is 2. The van der Waals surface area contributed by atoms with Crippen LogP contribution in [0.3, 0.4) is 0 Å². The molecule has 0 aromatic heterocycles. The molecule has 0 saturated heterocycles. The topological polar surface area (TPSA) is 76.2 Å². The Kier molecular flexibility index (Phi) is 8.17. The van der Waals surface area contributed by atoms with E-state index in [0.29, 0.717) is 42.3 Å². The molecule has 0 bridgehead atoms. The molecule has 0 spiro atoms. The lowest BCUT2D eigenvalue weighted by atomic mass is 10.1. The standard InChI is InChI=1S/C26H30N2O5S/c1-5-28(22-9-7-6-8-10-22)34(30,31)23-14-12-21(13-15-23)26(29)27(2)18-17-20-11-16-24(32-3)25(19-20)33-4/h6-16,19H,5,17-18H2,1-4H3. The molecule has 34 heavy (non-hydrogen) atoms. The van der Waals surface area contributed by atoms with Crippen LogP contribution < -0.4 is 13.8 Å². The number of para-hydroxylation sites is 1. The highest BCUT2D eigenvalue weighted by molar-refractivity contribution is 7.92. The van der Waals surface area contributed by atoms with E-state index >= 15 is 0 Å². The van der Waals surface area contributed by atoms with Crippen LogP contribution in [0, 0.1) is 0 Å². The zero-order chi connectivity index (χ0) is 24.7. The number of ether oxygens (including phenoxy) is 2. The number of anilines is 1. The lowest BCUT2D eigenvalue weighted by Crippen LogP contribution is -2.31. The van der Waals surface area contributed by atoms with E-state index in [4.69, 9.17) is 9.47 Å². The van der Waals surface area contributed by atoms with Gasteiger partial charge >= 0.3 is 0 Å². The third-order valence-electron chi connectivity index (χ3n) is 5.55. The molecular weight excluding hydrogens is 452 g/mol. The molecular formula is C26H30N2O5S. The van der Waals surface area contributed by atoms with Gasteiger partial charge in [0, 0.05) is 25.7 Å². The number of likely N-dealkylation sites (N-methyl/N-ethyl adjacent to an activating group) is 1. The van der Waals surface area contributed by atoms with Crippen LogP contribution in [0.2, 0.25) is 0 Å². The van der Waals surface area contributed by atoms with Gasteiger partial charge in [0.2, 0.25) is 0 Å². The molecule has 8 heteroatoms. The molecule has 0 N–H and O–H groups in total. The number of carbonyl (C=O) groups is 1. The largest absolute Gasteiger partial charge is 0.493 e. The van der Waals surface area contributed by atoms with Crippen molar-refractivity contribution < 1.29 is 22.7 Å². The van der Waals surface area contributed by atoms with Gasteiger partial charge in [-0.25, -0.2) is 8.42 Å². The second kappa shape index (κ2) is 11.1. The fourth-order valence-corrected chi connectivity index (χ4v) is 5.11. The zero-order valence-corrected chi connectivity index (χ0v) is 20.7. The van der Waals surface area contributed by atoms with Gasteiger partial charge < -0.3 is 14.4 Å². The molecule has 0 unspecified atom stereocenters. The summed E-state index contributed by atoms with van der Waals surface area (Å²) in [6, 6.07) is 20.7. The number of carbonyl (C=O) groups excluding carboxylic acids is 1. The Morgan fingerprint density at radius 3 is 2.12 bits per heavy atom. The van der Waals surface area contributed by atoms with Gasteiger partial charge in [-0.15, -0.1) is 0 Å². The van der Waals surface area contributed by atoms with Crippen LogP contribution in [0.5, 0.6) is 11.5 Å². The summed E-state index contributed by atoms with van der Waals surface area (Å²) in [6.45, 7) is 2.58. The Morgan fingerprint density at radius 2 is 1.53 bits per heavy atom. The molecule has 0 aliphatic carbocycles. The van der Waals surface area contributed by atoms with Crippen LogP contribution in [0.1, 0.15) is 22.8 Å². The third kappa shape index (κ3) is 5.51. The smallest absolute Gasteiger partial charge is 0.264 e. The number of hydrogen-bond donors (Lipinski definition) is 0. The highest BCUT2D eigenvalue weighted by atomic mass is 32.2. The monoisotopic (exact) mass is 482 g/mol. The fraction of sp³-hybridized carbons (Fsp3) is 0.269. The maximum atomic E-state index is 13.1. The van der Waals surface area contributed by atoms with Gasteiger partial charge in [0.15, 0.2) is 11.5 Å². The molecule has 3 rings (SSSR count). The summed E-state index contributed by atoms with van der Waals surface area (Å²) >= 11 is 0. The molecule has 3 aromatic carbocycles. The lowest BCUT2D eigenvalue weighted by Gasteiger charge is -2.23. The SMILES string of the molecule is CCN(c1ccccc1)S(=O)(=O)c1ccc(C(=O)N(C)CCc2ccc(OC)c(OC)c2)cc1. The second-order valence-corrected chi connectivity index (χ2v) is 9.56. The van der Waals surface area contributed by atoms with Crippen molar-refractivity contribution in [3.05, 3.63) is 83.9 Å². The number of benzene rings is 3. The van der Waals surface area contributed by atoms with E-state index in [1.807, 2.05) is 24.3 Å². The van der Waals surface area contributed by atoms with Crippen molar-refractivity contribution >= 4 is 21.6 Å². The first-order valence-corrected chi connectivity index (χ1v) is 12.4. The van der Waals surface area contributed by atoms with Crippen molar-refractivity contribution in [2.24, 2.45) is 0 Å². The molecule has 180 valence electrons. The minimum Gasteiger partial charge on any atom is -0.493 e. The number of methoxy groups -OCH3 is 2. The molecule has 0 aliphatic heterocycles. The Labute approximate surface area is 201 Å². The zero-order valence-electron chi connectivity index (χ0n) is 19.9. The van der Waals surface area contributed by atoms with Crippen molar-refractivity contribution in [3.8, 4) is 11.5 Å². The quantitative estimate of drug-likeness (QED) is 0.432. The summed E-state index contributed by atoms with van der Waals surface area (Å²) in [5.74, 6) is 1.11. The molecule has 0 saturated carbocycles. The van der Waals surface area contributed by atoms with Crippen molar-refractivity contribution in [2.75, 3.05) is 38.7 Å². The third-order valence-corrected chi connectivity index (χ3v) is 7.47. The predicted molar refractivity (Wildman–Crippen MR) is 133 cm³/mol. The molecule has 1 amide bonds. The first-order valence-electron chi connectivity index (χ1n) is 11.0. The Hall–Kier alpha value is -3.52. The lowest BCUT2D eigenvalue weighted by molar-refractivity contribution is 0.0796. The van der Waals surface area contributed by atoms with Gasteiger partial charge in [0.25, 0.3) is 15.9 Å². The van der Waals surface area contributed by atoms with Crippen molar-refractivity contribution in [2.45, 2.75) is 18.2 Å². The van der Waals surface area contributed by atoms with Crippen LogP contribution in [-0.4, -0.2) is 53.6 Å². The van der Waals surface area contributed by atoms with Gasteiger partial charge in [0.05, 0.1) is 24.8 Å². The van der Waals surface area contributed by atoms with Crippen LogP contribution in [-0.2, 0) is 16.4 Å². The van der Waals surface area contributed by atoms with Gasteiger partial charge in [-0.05, 0) is 67.4 Å². The first-order chi connectivity index (χ1) is 16.3. The maximum Gasteiger partial charge on any atom is 0.264 e. The van der Waals surface area contributed by atoms with Crippen LogP contribution in [0.4, 0.5) is 5.69 Å². The Bertz CT molecular complexity index is 1210. The van der Waals surface area contributed by atoms with E-state index < -0.39 is 10.0 Å². The number of hydrogen-bond acceptors (Lipinski definition) is 5. The van der Waals surface area contributed by atoms with E-state index in [2.05, 4.69) is 0 Å². The van der Waals surface area contributed by atoms with Crippen molar-refractivity contribution in [3.63, 3.8) is 0 Å². The van der Waals surface area contributed by atoms with E-state index in [1.165, 1.54) is 16.4 Å². The molecule has 0 heterocycles. The number of amides is 1. The Balaban J connectivity index is 1.69. The molecule has 0 atom stereocenters. The summed E-state index contributed by atoms with van der Waals surface area (Å²) in [7, 11) is 1.15. The van der Waals surface area contributed by atoms with E-state index in [-0.39, 0.29) is 10.8 Å². The molecule has 0 fully saturated rings. The van der Waals surface area contributed by atoms with Crippen LogP contribution in [0.15, 0.2) is 77.7 Å². The Morgan fingerprint density at radius 1 is 0.882 bits per heavy atom. The van der Waals surface area contributed by atoms with E-state index in [1.54, 1.807) is 69.5 Å². The summed E-state index contributed by atoms with van der Waals surface area (Å²) in [6.07, 6.45) is 0.637. The molecule has 7 nitrogen and oxygen atoms in total. The van der Waals surface area contributed by atoms with E-state index in [9.17, 15) is 13.2 Å². The predicted octanol–water partition coefficient (Wildman–Crippen LogP) is 4.23. The summed E-state index contributed by atoms with van der Waals surface area (Å²) < 4.78 is 38.2. The van der Waals surface area contributed by atoms with E-state index in [0.717, 1.165) is 5.56 Å². The molecule has 3 aromatic rings.